The Morgan fingerprint density at radius 1 is 1.78 bits per heavy atom. The van der Waals surface area contributed by atoms with Crippen molar-refractivity contribution >= 4 is 18.4 Å². The summed E-state index contributed by atoms with van der Waals surface area (Å²) in [6, 6.07) is -0.390. The Morgan fingerprint density at radius 3 is 2.33 bits per heavy atom. The van der Waals surface area contributed by atoms with Crippen molar-refractivity contribution in [2.24, 2.45) is 5.73 Å². The minimum Gasteiger partial charge on any atom is -0.321 e. The van der Waals surface area contributed by atoms with Crippen LogP contribution in [0.25, 0.3) is 0 Å². The van der Waals surface area contributed by atoms with Crippen LogP contribution in [0, 0.1) is 0 Å². The van der Waals surface area contributed by atoms with Crippen molar-refractivity contribution in [3.8, 4) is 0 Å². The zero-order valence-corrected chi connectivity index (χ0v) is 6.69. The van der Waals surface area contributed by atoms with Crippen LogP contribution in [0.3, 0.4) is 0 Å². The average Bonchev–Trinajstić information content (AvgIpc) is 1.84. The molecule has 0 radical (unpaired) electrons. The van der Waals surface area contributed by atoms with Crippen molar-refractivity contribution < 1.29 is 4.79 Å². The zero-order chi connectivity index (χ0) is 7.44. The van der Waals surface area contributed by atoms with Crippen molar-refractivity contribution in [3.05, 3.63) is 0 Å². The van der Waals surface area contributed by atoms with E-state index in [0.717, 1.165) is 6.42 Å². The molecule has 0 bridgehead atoms. The number of rotatable bonds is 3. The van der Waals surface area contributed by atoms with Gasteiger partial charge in [0.2, 0.25) is 0 Å². The van der Waals surface area contributed by atoms with Crippen LogP contribution in [0.15, 0.2) is 0 Å². The number of hydrogen-bond acceptors (Lipinski definition) is 3. The molecular weight excluding hydrogens is 134 g/mol. The summed E-state index contributed by atoms with van der Waals surface area (Å²) in [5, 5.41) is 0.0162. The van der Waals surface area contributed by atoms with E-state index in [0.29, 0.717) is 0 Å². The highest BCUT2D eigenvalue weighted by atomic mass is 32.1. The van der Waals surface area contributed by atoms with Gasteiger partial charge in [-0.1, -0.05) is 6.92 Å². The number of nitrogens with two attached hydrogens (primary N) is 1. The second kappa shape index (κ2) is 3.90. The SMILES string of the molecule is CCC(S)C(N)C(C)=O. The number of Topliss-reactive ketones (excluding diaryl/α,β-unsaturated/α-hetero) is 1. The first-order valence-corrected chi connectivity index (χ1v) is 3.55. The molecule has 0 aliphatic carbocycles. The predicted molar refractivity (Wildman–Crippen MR) is 41.7 cm³/mol. The van der Waals surface area contributed by atoms with E-state index >= 15 is 0 Å². The molecule has 2 nitrogen and oxygen atoms in total. The number of ketones is 1. The van der Waals surface area contributed by atoms with Crippen molar-refractivity contribution in [2.45, 2.75) is 31.6 Å². The zero-order valence-electron chi connectivity index (χ0n) is 5.79. The lowest BCUT2D eigenvalue weighted by atomic mass is 10.1. The Balaban J connectivity index is 3.72. The third-order valence-electron chi connectivity index (χ3n) is 1.30. The highest BCUT2D eigenvalue weighted by Gasteiger charge is 2.14. The van der Waals surface area contributed by atoms with Crippen LogP contribution in [-0.4, -0.2) is 17.1 Å². The normalized spacial score (nSPS) is 16.9. The van der Waals surface area contributed by atoms with Gasteiger partial charge in [-0.15, -0.1) is 0 Å². The second-order valence-electron chi connectivity index (χ2n) is 2.11. The van der Waals surface area contributed by atoms with Crippen molar-refractivity contribution in [1.82, 2.24) is 0 Å². The molecule has 0 heterocycles. The van der Waals surface area contributed by atoms with Crippen molar-refractivity contribution in [2.75, 3.05) is 0 Å². The summed E-state index contributed by atoms with van der Waals surface area (Å²) >= 11 is 4.12. The molecule has 0 aliphatic heterocycles. The molecule has 0 saturated heterocycles. The van der Waals surface area contributed by atoms with Gasteiger partial charge in [0, 0.05) is 5.25 Å². The van der Waals surface area contributed by atoms with Crippen LogP contribution >= 0.6 is 12.6 Å². The predicted octanol–water partition coefficient (Wildman–Crippen LogP) is 0.611. The molecule has 54 valence electrons. The number of carbonyl (C=O) groups excluding carboxylic acids is 1. The van der Waals surface area contributed by atoms with Crippen LogP contribution in [-0.2, 0) is 4.79 Å². The van der Waals surface area contributed by atoms with Gasteiger partial charge in [-0.2, -0.15) is 12.6 Å². The maximum absolute atomic E-state index is 10.6. The fourth-order valence-electron chi connectivity index (χ4n) is 0.525. The van der Waals surface area contributed by atoms with E-state index in [2.05, 4.69) is 12.6 Å². The minimum absolute atomic E-state index is 0.0110. The first-order valence-electron chi connectivity index (χ1n) is 3.03. The Hall–Kier alpha value is -0.0200. The first kappa shape index (κ1) is 8.98. The van der Waals surface area contributed by atoms with Gasteiger partial charge in [0.05, 0.1) is 6.04 Å². The third-order valence-corrected chi connectivity index (χ3v) is 1.99. The van der Waals surface area contributed by atoms with E-state index in [4.69, 9.17) is 5.73 Å². The quantitative estimate of drug-likeness (QED) is 0.574. The molecule has 2 unspecified atom stereocenters. The lowest BCUT2D eigenvalue weighted by Gasteiger charge is -2.12. The molecule has 0 saturated carbocycles. The van der Waals surface area contributed by atoms with Gasteiger partial charge >= 0.3 is 0 Å². The van der Waals surface area contributed by atoms with E-state index < -0.39 is 6.04 Å². The van der Waals surface area contributed by atoms with Crippen molar-refractivity contribution in [1.29, 1.82) is 0 Å². The van der Waals surface area contributed by atoms with E-state index in [1.165, 1.54) is 6.92 Å². The second-order valence-corrected chi connectivity index (χ2v) is 2.78. The standard InChI is InChI=1S/C6H13NOS/c1-3-5(9)6(7)4(2)8/h5-6,9H,3,7H2,1-2H3. The number of thiol groups is 1. The first-order chi connectivity index (χ1) is 4.09. The lowest BCUT2D eigenvalue weighted by molar-refractivity contribution is -0.118. The molecule has 3 heteroatoms. The number of hydrogen-bond donors (Lipinski definition) is 2. The summed E-state index contributed by atoms with van der Waals surface area (Å²) in [4.78, 5) is 10.6. The molecule has 0 aromatic heterocycles. The third kappa shape index (κ3) is 2.87. The lowest BCUT2D eigenvalue weighted by Crippen LogP contribution is -2.37. The van der Waals surface area contributed by atoms with E-state index in [9.17, 15) is 4.79 Å². The van der Waals surface area contributed by atoms with E-state index in [1.807, 2.05) is 6.92 Å². The summed E-state index contributed by atoms with van der Waals surface area (Å²) in [6.45, 7) is 3.45. The van der Waals surface area contributed by atoms with E-state index in [1.54, 1.807) is 0 Å². The Labute approximate surface area is 61.2 Å². The number of carbonyl (C=O) groups is 1. The van der Waals surface area contributed by atoms with Crippen LogP contribution < -0.4 is 5.73 Å². The average molecular weight is 147 g/mol. The largest absolute Gasteiger partial charge is 0.321 e. The maximum atomic E-state index is 10.6. The summed E-state index contributed by atoms with van der Waals surface area (Å²) in [5.74, 6) is 0.0110. The van der Waals surface area contributed by atoms with Crippen LogP contribution in [0.1, 0.15) is 20.3 Å². The van der Waals surface area contributed by atoms with Gasteiger partial charge in [0.1, 0.15) is 5.78 Å². The molecule has 0 amide bonds. The summed E-state index contributed by atoms with van der Waals surface area (Å²) in [6.07, 6.45) is 0.837. The molecule has 9 heavy (non-hydrogen) atoms. The molecule has 2 N–H and O–H groups in total. The fraction of sp³-hybridized carbons (Fsp3) is 0.833. The molecule has 0 spiro atoms. The molecule has 0 aliphatic rings. The smallest absolute Gasteiger partial charge is 0.147 e. The molecule has 0 aromatic rings. The molecule has 0 fully saturated rings. The Bertz CT molecular complexity index is 105. The van der Waals surface area contributed by atoms with Gasteiger partial charge in [-0.25, -0.2) is 0 Å². The minimum atomic E-state index is -0.390. The van der Waals surface area contributed by atoms with Gasteiger partial charge < -0.3 is 5.73 Å². The molecular formula is C6H13NOS. The van der Waals surface area contributed by atoms with E-state index in [-0.39, 0.29) is 11.0 Å². The Morgan fingerprint density at radius 2 is 2.22 bits per heavy atom. The highest BCUT2D eigenvalue weighted by Crippen LogP contribution is 2.04. The van der Waals surface area contributed by atoms with Crippen LogP contribution in [0.5, 0.6) is 0 Å². The topological polar surface area (TPSA) is 43.1 Å². The molecule has 0 rings (SSSR count). The molecule has 0 aromatic carbocycles. The van der Waals surface area contributed by atoms with Gasteiger partial charge in [0.25, 0.3) is 0 Å². The van der Waals surface area contributed by atoms with Crippen molar-refractivity contribution in [3.63, 3.8) is 0 Å². The molecule has 2 atom stereocenters. The fourth-order valence-corrected chi connectivity index (χ4v) is 0.735. The highest BCUT2D eigenvalue weighted by molar-refractivity contribution is 7.81. The van der Waals surface area contributed by atoms with Crippen LogP contribution in [0.4, 0.5) is 0 Å². The Kier molecular flexibility index (Phi) is 3.89. The van der Waals surface area contributed by atoms with Gasteiger partial charge in [-0.3, -0.25) is 4.79 Å². The summed E-state index contributed by atoms with van der Waals surface area (Å²) in [7, 11) is 0. The summed E-state index contributed by atoms with van der Waals surface area (Å²) in [5.41, 5.74) is 5.44. The van der Waals surface area contributed by atoms with Gasteiger partial charge in [-0.05, 0) is 13.3 Å². The monoisotopic (exact) mass is 147 g/mol. The summed E-state index contributed by atoms with van der Waals surface area (Å²) < 4.78 is 0. The maximum Gasteiger partial charge on any atom is 0.147 e. The van der Waals surface area contributed by atoms with Crippen LogP contribution in [0.2, 0.25) is 0 Å². The van der Waals surface area contributed by atoms with Gasteiger partial charge in [0.15, 0.2) is 0 Å².